The monoisotopic (exact) mass is 280 g/mol. The van der Waals surface area contributed by atoms with E-state index in [0.29, 0.717) is 13.2 Å². The number of ether oxygens (including phenoxy) is 4. The SMILES string of the molecule is [B]C1OC2(COC(C)(C)CC)C=C(OC(C)C)[C@@H]1OC2. The van der Waals surface area contributed by atoms with E-state index in [1.807, 2.05) is 19.9 Å². The van der Waals surface area contributed by atoms with Crippen molar-refractivity contribution in [3.8, 4) is 0 Å². The second kappa shape index (κ2) is 5.70. The molecule has 0 N–H and O–H groups in total. The van der Waals surface area contributed by atoms with Crippen molar-refractivity contribution >= 4 is 7.85 Å². The zero-order valence-electron chi connectivity index (χ0n) is 13.1. The molecular formula is C15H25BO4. The van der Waals surface area contributed by atoms with Crippen molar-refractivity contribution in [2.45, 2.75) is 70.5 Å². The molecule has 3 atom stereocenters. The van der Waals surface area contributed by atoms with Crippen LogP contribution in [0.2, 0.25) is 0 Å². The van der Waals surface area contributed by atoms with Crippen LogP contribution in [0.25, 0.3) is 0 Å². The topological polar surface area (TPSA) is 36.9 Å². The molecule has 5 heteroatoms. The predicted molar refractivity (Wildman–Crippen MR) is 77.7 cm³/mol. The third-order valence-electron chi connectivity index (χ3n) is 3.79. The fraction of sp³-hybridized carbons (Fsp3) is 0.867. The molecule has 0 aromatic carbocycles. The molecule has 0 amide bonds. The molecular weight excluding hydrogens is 255 g/mol. The van der Waals surface area contributed by atoms with E-state index in [2.05, 4.69) is 20.8 Å². The van der Waals surface area contributed by atoms with Gasteiger partial charge in [-0.1, -0.05) is 6.92 Å². The lowest BCUT2D eigenvalue weighted by Gasteiger charge is -2.48. The van der Waals surface area contributed by atoms with E-state index in [1.54, 1.807) is 0 Å². The molecule has 3 aliphatic heterocycles. The maximum absolute atomic E-state index is 6.02. The summed E-state index contributed by atoms with van der Waals surface area (Å²) in [7, 11) is 6.02. The lowest BCUT2D eigenvalue weighted by Crippen LogP contribution is -2.59. The smallest absolute Gasteiger partial charge is 0.136 e. The molecule has 0 saturated carbocycles. The Bertz CT molecular complexity index is 380. The Hall–Kier alpha value is -0.515. The Morgan fingerprint density at radius 1 is 1.50 bits per heavy atom. The maximum Gasteiger partial charge on any atom is 0.136 e. The van der Waals surface area contributed by atoms with Gasteiger partial charge in [0.05, 0.1) is 30.9 Å². The van der Waals surface area contributed by atoms with Crippen LogP contribution < -0.4 is 0 Å². The highest BCUT2D eigenvalue weighted by Gasteiger charge is 2.48. The minimum atomic E-state index is -0.634. The summed E-state index contributed by atoms with van der Waals surface area (Å²) in [4.78, 5) is 0. The molecule has 0 aromatic heterocycles. The molecule has 3 aliphatic rings. The quantitative estimate of drug-likeness (QED) is 0.699. The van der Waals surface area contributed by atoms with Gasteiger partial charge in [-0.2, -0.15) is 0 Å². The van der Waals surface area contributed by atoms with E-state index in [4.69, 9.17) is 26.8 Å². The lowest BCUT2D eigenvalue weighted by molar-refractivity contribution is -0.231. The van der Waals surface area contributed by atoms with E-state index >= 15 is 0 Å². The summed E-state index contributed by atoms with van der Waals surface area (Å²) in [5.74, 6) is 0.767. The Kier molecular flexibility index (Phi) is 4.52. The third kappa shape index (κ3) is 3.38. The van der Waals surface area contributed by atoms with Gasteiger partial charge in [0, 0.05) is 0 Å². The van der Waals surface area contributed by atoms with Crippen molar-refractivity contribution in [3.05, 3.63) is 11.8 Å². The number of rotatable bonds is 6. The molecule has 112 valence electrons. The lowest BCUT2D eigenvalue weighted by atomic mass is 9.84. The van der Waals surface area contributed by atoms with Crippen LogP contribution in [0.5, 0.6) is 0 Å². The molecule has 2 bridgehead atoms. The fourth-order valence-electron chi connectivity index (χ4n) is 2.26. The van der Waals surface area contributed by atoms with Crippen LogP contribution in [-0.2, 0) is 18.9 Å². The first-order valence-corrected chi connectivity index (χ1v) is 7.35. The van der Waals surface area contributed by atoms with Crippen LogP contribution in [0.1, 0.15) is 41.0 Å². The van der Waals surface area contributed by atoms with E-state index in [9.17, 15) is 0 Å². The van der Waals surface area contributed by atoms with Crippen molar-refractivity contribution < 1.29 is 18.9 Å². The summed E-state index contributed by atoms with van der Waals surface area (Å²) in [5, 5.41) is 0. The third-order valence-corrected chi connectivity index (χ3v) is 3.79. The molecule has 4 nitrogen and oxygen atoms in total. The highest BCUT2D eigenvalue weighted by Crippen LogP contribution is 2.37. The average Bonchev–Trinajstić information content (AvgIpc) is 2.36. The van der Waals surface area contributed by atoms with Crippen LogP contribution >= 0.6 is 0 Å². The van der Waals surface area contributed by atoms with Crippen molar-refractivity contribution in [2.75, 3.05) is 13.2 Å². The van der Waals surface area contributed by atoms with E-state index in [1.165, 1.54) is 0 Å². The molecule has 3 rings (SSSR count). The van der Waals surface area contributed by atoms with Crippen LogP contribution in [0, 0.1) is 0 Å². The van der Waals surface area contributed by atoms with Crippen LogP contribution in [0.3, 0.4) is 0 Å². The summed E-state index contributed by atoms with van der Waals surface area (Å²) >= 11 is 0. The van der Waals surface area contributed by atoms with Crippen LogP contribution in [0.15, 0.2) is 11.8 Å². The van der Waals surface area contributed by atoms with Gasteiger partial charge >= 0.3 is 0 Å². The highest BCUT2D eigenvalue weighted by molar-refractivity contribution is 6.11. The number of hydrogen-bond donors (Lipinski definition) is 0. The van der Waals surface area contributed by atoms with E-state index in [0.717, 1.165) is 12.2 Å². The van der Waals surface area contributed by atoms with Gasteiger partial charge in [-0.3, -0.25) is 0 Å². The van der Waals surface area contributed by atoms with Crippen molar-refractivity contribution in [3.63, 3.8) is 0 Å². The second-order valence-electron chi connectivity index (χ2n) is 6.49. The van der Waals surface area contributed by atoms with Gasteiger partial charge in [0.1, 0.15) is 25.3 Å². The Morgan fingerprint density at radius 3 is 2.75 bits per heavy atom. The molecule has 20 heavy (non-hydrogen) atoms. The fourth-order valence-corrected chi connectivity index (χ4v) is 2.26. The number of hydrogen-bond acceptors (Lipinski definition) is 4. The normalized spacial score (nSPS) is 33.4. The molecule has 2 radical (unpaired) electrons. The van der Waals surface area contributed by atoms with Gasteiger partial charge in [0.2, 0.25) is 0 Å². The number of fused-ring (bicyclic) bond motifs is 2. The van der Waals surface area contributed by atoms with Crippen LogP contribution in [-0.4, -0.2) is 50.5 Å². The van der Waals surface area contributed by atoms with Gasteiger partial charge in [-0.15, -0.1) is 0 Å². The molecule has 1 saturated heterocycles. The predicted octanol–water partition coefficient (Wildman–Crippen LogP) is 2.16. The molecule has 0 aromatic rings. The first-order chi connectivity index (χ1) is 9.27. The summed E-state index contributed by atoms with van der Waals surface area (Å²) < 4.78 is 23.5. The van der Waals surface area contributed by atoms with Gasteiger partial charge < -0.3 is 18.9 Å². The zero-order chi connectivity index (χ0) is 15.0. The Morgan fingerprint density at radius 2 is 2.20 bits per heavy atom. The Labute approximate surface area is 123 Å². The summed E-state index contributed by atoms with van der Waals surface area (Å²) in [6.45, 7) is 11.1. The summed E-state index contributed by atoms with van der Waals surface area (Å²) in [6, 6.07) is -0.504. The van der Waals surface area contributed by atoms with Gasteiger partial charge in [-0.05, 0) is 40.2 Å². The largest absolute Gasteiger partial charge is 0.493 e. The van der Waals surface area contributed by atoms with Gasteiger partial charge in [-0.25, -0.2) is 0 Å². The van der Waals surface area contributed by atoms with Crippen molar-refractivity contribution in [1.82, 2.24) is 0 Å². The highest BCUT2D eigenvalue weighted by atomic mass is 16.6. The summed E-state index contributed by atoms with van der Waals surface area (Å²) in [6.07, 6.45) is 2.69. The van der Waals surface area contributed by atoms with Gasteiger partial charge in [0.15, 0.2) is 0 Å². The first kappa shape index (κ1) is 15.9. The molecule has 1 fully saturated rings. The minimum absolute atomic E-state index is 0.0847. The average molecular weight is 280 g/mol. The van der Waals surface area contributed by atoms with E-state index < -0.39 is 11.6 Å². The zero-order valence-corrected chi connectivity index (χ0v) is 13.1. The van der Waals surface area contributed by atoms with Gasteiger partial charge in [0.25, 0.3) is 0 Å². The van der Waals surface area contributed by atoms with E-state index in [-0.39, 0.29) is 17.8 Å². The van der Waals surface area contributed by atoms with Crippen molar-refractivity contribution in [2.24, 2.45) is 0 Å². The van der Waals surface area contributed by atoms with Crippen molar-refractivity contribution in [1.29, 1.82) is 0 Å². The second-order valence-corrected chi connectivity index (χ2v) is 6.49. The molecule has 0 spiro atoms. The van der Waals surface area contributed by atoms with Crippen LogP contribution in [0.4, 0.5) is 0 Å². The first-order valence-electron chi connectivity index (χ1n) is 7.35. The molecule has 3 heterocycles. The maximum atomic E-state index is 6.02. The molecule has 2 unspecified atom stereocenters. The Balaban J connectivity index is 2.12. The summed E-state index contributed by atoms with van der Waals surface area (Å²) in [5.41, 5.74) is -0.825. The standard InChI is InChI=1S/C15H25BO4/c1-6-14(4,5)18-9-15-7-11(19-10(2)3)12(17-8-15)13(16)20-15/h7,10,12-13H,6,8-9H2,1-5H3/t12-,13?,15?/m0/s1. The molecule has 0 aliphatic carbocycles. The minimum Gasteiger partial charge on any atom is -0.493 e.